The molecule has 0 heterocycles. The molecule has 0 aliphatic carbocycles. The van der Waals surface area contributed by atoms with Gasteiger partial charge in [0.2, 0.25) is 5.78 Å². The standard InChI is InChI=1S/C15H19N3O3/c1-2-14(11-6-4-3-5-7-11)21-15(20)13(16)9-8-12(19)10-18-17/h3-7,10,13-14H,2,8-9,16H2,1H3. The van der Waals surface area contributed by atoms with Crippen LogP contribution in [0.25, 0.3) is 5.53 Å². The number of carbonyl (C=O) groups is 2. The number of nitrogens with zero attached hydrogens (tertiary/aromatic N) is 2. The predicted molar refractivity (Wildman–Crippen MR) is 77.5 cm³/mol. The first-order valence-corrected chi connectivity index (χ1v) is 6.79. The Morgan fingerprint density at radius 1 is 1.38 bits per heavy atom. The van der Waals surface area contributed by atoms with E-state index in [-0.39, 0.29) is 18.9 Å². The third-order valence-electron chi connectivity index (χ3n) is 3.01. The van der Waals surface area contributed by atoms with Gasteiger partial charge in [0.15, 0.2) is 0 Å². The zero-order valence-corrected chi connectivity index (χ0v) is 11.9. The highest BCUT2D eigenvalue weighted by atomic mass is 16.5. The summed E-state index contributed by atoms with van der Waals surface area (Å²) >= 11 is 0. The van der Waals surface area contributed by atoms with Crippen molar-refractivity contribution < 1.29 is 19.1 Å². The normalized spacial score (nSPS) is 12.9. The van der Waals surface area contributed by atoms with Gasteiger partial charge in [-0.25, -0.2) is 0 Å². The summed E-state index contributed by atoms with van der Waals surface area (Å²) in [5.74, 6) is -0.935. The minimum absolute atomic E-state index is 0.0302. The molecule has 2 atom stereocenters. The predicted octanol–water partition coefficient (Wildman–Crippen LogP) is 1.66. The van der Waals surface area contributed by atoms with Gasteiger partial charge in [0.1, 0.15) is 12.1 Å². The zero-order valence-electron chi connectivity index (χ0n) is 11.9. The van der Waals surface area contributed by atoms with Crippen LogP contribution in [0.1, 0.15) is 37.9 Å². The Hall–Kier alpha value is -2.30. The fraction of sp³-hybridized carbons (Fsp3) is 0.400. The van der Waals surface area contributed by atoms with Crippen LogP contribution in [0.2, 0.25) is 0 Å². The summed E-state index contributed by atoms with van der Waals surface area (Å²) in [5, 5.41) is 0. The number of hydrogen-bond donors (Lipinski definition) is 1. The molecule has 6 heteroatoms. The maximum absolute atomic E-state index is 11.9. The monoisotopic (exact) mass is 289 g/mol. The second kappa shape index (κ2) is 8.79. The summed E-state index contributed by atoms with van der Waals surface area (Å²) in [6.45, 7) is 1.91. The van der Waals surface area contributed by atoms with E-state index in [4.69, 9.17) is 16.0 Å². The number of carbonyl (C=O) groups excluding carboxylic acids is 2. The van der Waals surface area contributed by atoms with E-state index in [1.165, 1.54) is 0 Å². The number of Topliss-reactive ketones (excluding diaryl/α,β-unsaturated/α-hetero) is 1. The molecule has 112 valence electrons. The number of rotatable bonds is 8. The molecule has 2 N–H and O–H groups in total. The molecule has 0 aliphatic heterocycles. The first-order chi connectivity index (χ1) is 10.1. The molecule has 1 rings (SSSR count). The highest BCUT2D eigenvalue weighted by Gasteiger charge is 2.21. The van der Waals surface area contributed by atoms with Crippen molar-refractivity contribution in [1.29, 1.82) is 0 Å². The van der Waals surface area contributed by atoms with E-state index in [1.54, 1.807) is 0 Å². The molecular weight excluding hydrogens is 270 g/mol. The van der Waals surface area contributed by atoms with Crippen LogP contribution in [0, 0.1) is 0 Å². The Morgan fingerprint density at radius 3 is 2.62 bits per heavy atom. The third kappa shape index (κ3) is 5.69. The van der Waals surface area contributed by atoms with Crippen molar-refractivity contribution in [2.75, 3.05) is 0 Å². The van der Waals surface area contributed by atoms with E-state index >= 15 is 0 Å². The van der Waals surface area contributed by atoms with Gasteiger partial charge < -0.3 is 16.0 Å². The van der Waals surface area contributed by atoms with E-state index < -0.39 is 17.8 Å². The quantitative estimate of drug-likeness (QED) is 0.340. The second-order valence-electron chi connectivity index (χ2n) is 4.60. The van der Waals surface area contributed by atoms with Crippen molar-refractivity contribution in [2.45, 2.75) is 38.3 Å². The molecule has 0 bridgehead atoms. The summed E-state index contributed by atoms with van der Waals surface area (Å²) < 4.78 is 5.38. The summed E-state index contributed by atoms with van der Waals surface area (Å²) in [4.78, 5) is 25.7. The summed E-state index contributed by atoms with van der Waals surface area (Å²) in [6, 6.07) is 8.52. The number of esters is 1. The molecule has 0 aromatic heterocycles. The Kier molecular flexibility index (Phi) is 7.01. The van der Waals surface area contributed by atoms with Crippen molar-refractivity contribution in [3.05, 3.63) is 41.4 Å². The molecule has 0 saturated heterocycles. The van der Waals surface area contributed by atoms with Crippen molar-refractivity contribution in [3.63, 3.8) is 0 Å². The number of hydrogen-bond acceptors (Lipinski definition) is 4. The first kappa shape index (κ1) is 16.8. The average molecular weight is 289 g/mol. The van der Waals surface area contributed by atoms with Gasteiger partial charge in [-0.3, -0.25) is 9.59 Å². The van der Waals surface area contributed by atoms with Crippen molar-refractivity contribution in [1.82, 2.24) is 0 Å². The van der Waals surface area contributed by atoms with Crippen LogP contribution in [0.15, 0.2) is 30.3 Å². The molecule has 0 saturated carbocycles. The SMILES string of the molecule is CCC(OC(=O)C(N)CCC(=O)C=[N+]=[N-])c1ccccc1. The van der Waals surface area contributed by atoms with Gasteiger partial charge in [0.25, 0.3) is 0 Å². The number of ketones is 1. The molecule has 21 heavy (non-hydrogen) atoms. The second-order valence-corrected chi connectivity index (χ2v) is 4.60. The van der Waals surface area contributed by atoms with Gasteiger partial charge in [-0.15, -0.1) is 0 Å². The summed E-state index contributed by atoms with van der Waals surface area (Å²) in [6.07, 6.45) is 1.26. The lowest BCUT2D eigenvalue weighted by Crippen LogP contribution is -2.33. The molecule has 0 fully saturated rings. The van der Waals surface area contributed by atoms with Gasteiger partial charge >= 0.3 is 12.2 Å². The fourth-order valence-electron chi connectivity index (χ4n) is 1.83. The number of benzene rings is 1. The topological polar surface area (TPSA) is 106 Å². The van der Waals surface area contributed by atoms with Crippen molar-refractivity contribution in [3.8, 4) is 0 Å². The van der Waals surface area contributed by atoms with E-state index in [0.29, 0.717) is 6.42 Å². The van der Waals surface area contributed by atoms with Crippen LogP contribution in [0.5, 0.6) is 0 Å². The molecule has 1 aromatic rings. The third-order valence-corrected chi connectivity index (χ3v) is 3.01. The zero-order chi connectivity index (χ0) is 15.7. The fourth-order valence-corrected chi connectivity index (χ4v) is 1.83. The Morgan fingerprint density at radius 2 is 2.05 bits per heavy atom. The van der Waals surface area contributed by atoms with Gasteiger partial charge in [-0.05, 0) is 18.4 Å². The summed E-state index contributed by atoms with van der Waals surface area (Å²) in [5.41, 5.74) is 14.8. The van der Waals surface area contributed by atoms with Crippen LogP contribution >= 0.6 is 0 Å². The van der Waals surface area contributed by atoms with Gasteiger partial charge in [0.05, 0.1) is 0 Å². The molecule has 0 aliphatic rings. The Labute approximate surface area is 123 Å². The van der Waals surface area contributed by atoms with Gasteiger partial charge in [0, 0.05) is 6.42 Å². The lowest BCUT2D eigenvalue weighted by atomic mass is 10.1. The molecule has 6 nitrogen and oxygen atoms in total. The smallest absolute Gasteiger partial charge is 0.323 e. The van der Waals surface area contributed by atoms with Crippen LogP contribution in [0.3, 0.4) is 0 Å². The van der Waals surface area contributed by atoms with Gasteiger partial charge in [-0.1, -0.05) is 37.3 Å². The van der Waals surface area contributed by atoms with Crippen molar-refractivity contribution >= 4 is 18.0 Å². The molecule has 0 spiro atoms. The minimum atomic E-state index is -0.876. The molecule has 0 radical (unpaired) electrons. The lowest BCUT2D eigenvalue weighted by Gasteiger charge is -2.19. The first-order valence-electron chi connectivity index (χ1n) is 6.79. The highest BCUT2D eigenvalue weighted by Crippen LogP contribution is 2.21. The molecule has 0 amide bonds. The number of ether oxygens (including phenoxy) is 1. The van der Waals surface area contributed by atoms with E-state index in [1.807, 2.05) is 37.3 Å². The van der Waals surface area contributed by atoms with Crippen LogP contribution in [0.4, 0.5) is 0 Å². The van der Waals surface area contributed by atoms with Gasteiger partial charge in [-0.2, -0.15) is 4.79 Å². The Balaban J connectivity index is 2.54. The van der Waals surface area contributed by atoms with Crippen molar-refractivity contribution in [2.24, 2.45) is 5.73 Å². The maximum atomic E-state index is 11.9. The van der Waals surface area contributed by atoms with Crippen LogP contribution in [-0.2, 0) is 14.3 Å². The Bertz CT molecular complexity index is 524. The molecule has 1 aromatic carbocycles. The van der Waals surface area contributed by atoms with Crippen LogP contribution < -0.4 is 5.73 Å². The minimum Gasteiger partial charge on any atom is -0.456 e. The largest absolute Gasteiger partial charge is 0.456 e. The van der Waals surface area contributed by atoms with E-state index in [0.717, 1.165) is 11.8 Å². The number of nitrogens with two attached hydrogens (primary N) is 1. The molecular formula is C15H19N3O3. The van der Waals surface area contributed by atoms with E-state index in [2.05, 4.69) is 4.79 Å². The average Bonchev–Trinajstić information content (AvgIpc) is 2.51. The maximum Gasteiger partial charge on any atom is 0.323 e. The molecule has 2 unspecified atom stereocenters. The van der Waals surface area contributed by atoms with E-state index in [9.17, 15) is 9.59 Å². The highest BCUT2D eigenvalue weighted by molar-refractivity contribution is 6.25. The summed E-state index contributed by atoms with van der Waals surface area (Å²) in [7, 11) is 0. The lowest BCUT2D eigenvalue weighted by molar-refractivity contribution is -0.151. The van der Waals surface area contributed by atoms with Crippen LogP contribution in [-0.4, -0.2) is 28.8 Å².